The zero-order chi connectivity index (χ0) is 18.1. The molecule has 0 fully saturated rings. The number of hydrogen-bond acceptors (Lipinski definition) is 6. The lowest BCUT2D eigenvalue weighted by atomic mass is 10.2. The molecule has 0 aliphatic heterocycles. The lowest BCUT2D eigenvalue weighted by molar-refractivity contribution is 0.0520. The molecule has 0 saturated heterocycles. The highest BCUT2D eigenvalue weighted by Crippen LogP contribution is 2.19. The van der Waals surface area contributed by atoms with Crippen molar-refractivity contribution in [2.75, 3.05) is 18.5 Å². The van der Waals surface area contributed by atoms with Crippen molar-refractivity contribution in [2.24, 2.45) is 0 Å². The molecular weight excluding hydrogens is 340 g/mol. The lowest BCUT2D eigenvalue weighted by Gasteiger charge is -2.07. The summed E-state index contributed by atoms with van der Waals surface area (Å²) in [5.74, 6) is -0.138. The molecule has 6 nitrogen and oxygen atoms in total. The van der Waals surface area contributed by atoms with Crippen molar-refractivity contribution >= 4 is 28.3 Å². The number of nitrogens with one attached hydrogen (secondary N) is 1. The van der Waals surface area contributed by atoms with Crippen molar-refractivity contribution in [2.45, 2.75) is 33.1 Å². The van der Waals surface area contributed by atoms with Gasteiger partial charge in [0.25, 0.3) is 5.91 Å². The van der Waals surface area contributed by atoms with Gasteiger partial charge in [0, 0.05) is 10.9 Å². The molecular formula is C18H22N2O4S. The summed E-state index contributed by atoms with van der Waals surface area (Å²) in [4.78, 5) is 28.0. The van der Waals surface area contributed by atoms with Gasteiger partial charge in [-0.05, 0) is 31.5 Å². The van der Waals surface area contributed by atoms with Crippen LogP contribution >= 0.6 is 11.3 Å². The number of esters is 1. The molecule has 0 aliphatic rings. The highest BCUT2D eigenvalue weighted by atomic mass is 32.1. The van der Waals surface area contributed by atoms with E-state index in [0.29, 0.717) is 23.1 Å². The van der Waals surface area contributed by atoms with Crippen LogP contribution in [-0.2, 0) is 4.74 Å². The molecule has 1 heterocycles. The fourth-order valence-corrected chi connectivity index (χ4v) is 2.74. The normalized spacial score (nSPS) is 10.3. The van der Waals surface area contributed by atoms with Gasteiger partial charge in [-0.25, -0.2) is 9.78 Å². The number of thiazole rings is 1. The lowest BCUT2D eigenvalue weighted by Crippen LogP contribution is -2.12. The number of aromatic nitrogens is 1. The first-order chi connectivity index (χ1) is 12.1. The minimum Gasteiger partial charge on any atom is -0.494 e. The maximum absolute atomic E-state index is 12.3. The third kappa shape index (κ3) is 5.86. The molecule has 2 aromatic rings. The first-order valence-corrected chi connectivity index (χ1v) is 9.18. The van der Waals surface area contributed by atoms with Crippen LogP contribution in [0.4, 0.5) is 5.13 Å². The number of carbonyl (C=O) groups excluding carboxylic acids is 2. The molecule has 1 N–H and O–H groups in total. The molecule has 0 bridgehead atoms. The first kappa shape index (κ1) is 18.9. The number of carbonyl (C=O) groups is 2. The van der Waals surface area contributed by atoms with Gasteiger partial charge in [-0.15, -0.1) is 11.3 Å². The molecule has 0 spiro atoms. The SMILES string of the molecule is CCCCCOc1cccc(C(=O)Nc2nc(C(=O)OCC)cs2)c1. The second kappa shape index (κ2) is 9.78. The maximum Gasteiger partial charge on any atom is 0.357 e. The van der Waals surface area contributed by atoms with Crippen molar-refractivity contribution in [1.82, 2.24) is 4.98 Å². The van der Waals surface area contributed by atoms with Gasteiger partial charge in [-0.3, -0.25) is 10.1 Å². The highest BCUT2D eigenvalue weighted by molar-refractivity contribution is 7.14. The van der Waals surface area contributed by atoms with E-state index >= 15 is 0 Å². The summed E-state index contributed by atoms with van der Waals surface area (Å²) in [5, 5.41) is 4.59. The number of benzene rings is 1. The number of rotatable bonds is 9. The van der Waals surface area contributed by atoms with E-state index in [4.69, 9.17) is 9.47 Å². The average Bonchev–Trinajstić information content (AvgIpc) is 3.08. The number of hydrogen-bond donors (Lipinski definition) is 1. The molecule has 134 valence electrons. The van der Waals surface area contributed by atoms with Crippen LogP contribution in [0.1, 0.15) is 54.0 Å². The number of amides is 1. The summed E-state index contributed by atoms with van der Waals surface area (Å²) in [6, 6.07) is 7.00. The summed E-state index contributed by atoms with van der Waals surface area (Å²) in [6.45, 7) is 4.78. The predicted molar refractivity (Wildman–Crippen MR) is 97.5 cm³/mol. The number of ether oxygens (including phenoxy) is 2. The minimum atomic E-state index is -0.498. The molecule has 1 aromatic heterocycles. The Morgan fingerprint density at radius 1 is 1.24 bits per heavy atom. The Kier molecular flexibility index (Phi) is 7.40. The Morgan fingerprint density at radius 2 is 2.08 bits per heavy atom. The molecule has 0 aliphatic carbocycles. The smallest absolute Gasteiger partial charge is 0.357 e. The standard InChI is InChI=1S/C18H22N2O4S/c1-3-5-6-10-24-14-9-7-8-13(11-14)16(21)20-18-19-15(12-25-18)17(22)23-4-2/h7-9,11-12H,3-6,10H2,1-2H3,(H,19,20,21). The van der Waals surface area contributed by atoms with Gasteiger partial charge in [0.15, 0.2) is 10.8 Å². The molecule has 0 saturated carbocycles. The molecule has 0 unspecified atom stereocenters. The monoisotopic (exact) mass is 362 g/mol. The Bertz CT molecular complexity index is 715. The maximum atomic E-state index is 12.3. The number of nitrogens with zero attached hydrogens (tertiary/aromatic N) is 1. The summed E-state index contributed by atoms with van der Waals surface area (Å²) in [6.07, 6.45) is 3.24. The zero-order valence-electron chi connectivity index (χ0n) is 14.4. The molecule has 1 aromatic carbocycles. The Balaban J connectivity index is 1.95. The second-order valence-corrected chi connectivity index (χ2v) is 6.15. The van der Waals surface area contributed by atoms with E-state index in [1.165, 1.54) is 11.3 Å². The topological polar surface area (TPSA) is 77.5 Å². The van der Waals surface area contributed by atoms with Gasteiger partial charge >= 0.3 is 5.97 Å². The largest absolute Gasteiger partial charge is 0.494 e. The molecule has 0 radical (unpaired) electrons. The van der Waals surface area contributed by atoms with Crippen LogP contribution in [0.3, 0.4) is 0 Å². The van der Waals surface area contributed by atoms with Crippen molar-refractivity contribution in [3.8, 4) is 5.75 Å². The van der Waals surface area contributed by atoms with E-state index in [1.807, 2.05) is 6.07 Å². The fourth-order valence-electron chi connectivity index (χ4n) is 2.07. The van der Waals surface area contributed by atoms with Gasteiger partial charge in [0.05, 0.1) is 13.2 Å². The van der Waals surface area contributed by atoms with Gasteiger partial charge in [-0.2, -0.15) is 0 Å². The summed E-state index contributed by atoms with van der Waals surface area (Å²) in [7, 11) is 0. The summed E-state index contributed by atoms with van der Waals surface area (Å²) >= 11 is 1.18. The van der Waals surface area contributed by atoms with E-state index in [-0.39, 0.29) is 18.2 Å². The van der Waals surface area contributed by atoms with Crippen molar-refractivity contribution in [1.29, 1.82) is 0 Å². The van der Waals surface area contributed by atoms with Crippen LogP contribution in [0.2, 0.25) is 0 Å². The average molecular weight is 362 g/mol. The number of anilines is 1. The van der Waals surface area contributed by atoms with E-state index < -0.39 is 5.97 Å². The van der Waals surface area contributed by atoms with Gasteiger partial charge in [-0.1, -0.05) is 25.8 Å². The van der Waals surface area contributed by atoms with E-state index in [9.17, 15) is 9.59 Å². The van der Waals surface area contributed by atoms with Crippen LogP contribution < -0.4 is 10.1 Å². The van der Waals surface area contributed by atoms with E-state index in [0.717, 1.165) is 19.3 Å². The van der Waals surface area contributed by atoms with Gasteiger partial charge < -0.3 is 9.47 Å². The molecule has 25 heavy (non-hydrogen) atoms. The van der Waals surface area contributed by atoms with E-state index in [1.54, 1.807) is 30.5 Å². The molecule has 1 amide bonds. The summed E-state index contributed by atoms with van der Waals surface area (Å²) < 4.78 is 10.5. The number of unbranched alkanes of at least 4 members (excludes halogenated alkanes) is 2. The van der Waals surface area contributed by atoms with Gasteiger partial charge in [0.1, 0.15) is 5.75 Å². The van der Waals surface area contributed by atoms with Crippen molar-refractivity contribution < 1.29 is 19.1 Å². The Morgan fingerprint density at radius 3 is 2.84 bits per heavy atom. The van der Waals surface area contributed by atoms with Crippen molar-refractivity contribution in [3.05, 3.63) is 40.9 Å². The zero-order valence-corrected chi connectivity index (χ0v) is 15.2. The molecule has 0 atom stereocenters. The quantitative estimate of drug-likeness (QED) is 0.536. The van der Waals surface area contributed by atoms with Crippen LogP contribution in [-0.4, -0.2) is 30.1 Å². The van der Waals surface area contributed by atoms with Crippen LogP contribution in [0.5, 0.6) is 5.75 Å². The van der Waals surface area contributed by atoms with Gasteiger partial charge in [0.2, 0.25) is 0 Å². The van der Waals surface area contributed by atoms with E-state index in [2.05, 4.69) is 17.2 Å². The van der Waals surface area contributed by atoms with Crippen molar-refractivity contribution in [3.63, 3.8) is 0 Å². The third-order valence-electron chi connectivity index (χ3n) is 3.32. The molecule has 2 rings (SSSR count). The summed E-state index contributed by atoms with van der Waals surface area (Å²) in [5.41, 5.74) is 0.663. The third-order valence-corrected chi connectivity index (χ3v) is 4.08. The Hall–Kier alpha value is -2.41. The van der Waals surface area contributed by atoms with Crippen LogP contribution in [0, 0.1) is 0 Å². The van der Waals surface area contributed by atoms with Crippen LogP contribution in [0.15, 0.2) is 29.6 Å². The van der Waals surface area contributed by atoms with Crippen LogP contribution in [0.25, 0.3) is 0 Å². The fraction of sp³-hybridized carbons (Fsp3) is 0.389. The minimum absolute atomic E-state index is 0.190. The Labute approximate surface area is 151 Å². The second-order valence-electron chi connectivity index (χ2n) is 5.30. The molecule has 7 heteroatoms. The highest BCUT2D eigenvalue weighted by Gasteiger charge is 2.14. The predicted octanol–water partition coefficient (Wildman–Crippen LogP) is 4.14. The first-order valence-electron chi connectivity index (χ1n) is 8.31.